The molecular weight excluding hydrogens is 567 g/mol. The fourth-order valence-corrected chi connectivity index (χ4v) is 10.2. The number of para-hydroxylation sites is 1. The van der Waals surface area contributed by atoms with E-state index in [-0.39, 0.29) is 11.5 Å². The van der Waals surface area contributed by atoms with Crippen LogP contribution in [0.15, 0.2) is 115 Å². The van der Waals surface area contributed by atoms with E-state index in [1.54, 1.807) is 0 Å². The summed E-state index contributed by atoms with van der Waals surface area (Å²) in [6.45, 7) is 4.78. The zero-order valence-electron chi connectivity index (χ0n) is 25.3. The van der Waals surface area contributed by atoms with Crippen molar-refractivity contribution >= 4 is 44.0 Å². The Morgan fingerprint density at radius 1 is 0.733 bits per heavy atom. The second-order valence-corrected chi connectivity index (χ2v) is 14.3. The Bertz CT molecular complexity index is 2330. The first-order valence-electron chi connectivity index (χ1n) is 16.0. The van der Waals surface area contributed by atoms with Gasteiger partial charge in [0.05, 0.1) is 27.6 Å². The molecule has 7 aromatic rings. The van der Waals surface area contributed by atoms with E-state index >= 15 is 0 Å². The number of thiophene rings is 1. The average Bonchev–Trinajstić information content (AvgIpc) is 3.71. The molecule has 4 heteroatoms. The normalized spacial score (nSPS) is 18.8. The predicted molar refractivity (Wildman–Crippen MR) is 187 cm³/mol. The van der Waals surface area contributed by atoms with Crippen molar-refractivity contribution in [2.75, 3.05) is 4.90 Å². The lowest BCUT2D eigenvalue weighted by Crippen LogP contribution is -2.28. The van der Waals surface area contributed by atoms with E-state index in [2.05, 4.69) is 134 Å². The predicted octanol–water partition coefficient (Wildman–Crippen LogP) is 10.7. The van der Waals surface area contributed by atoms with Gasteiger partial charge in [-0.05, 0) is 57.7 Å². The zero-order chi connectivity index (χ0) is 29.9. The summed E-state index contributed by atoms with van der Waals surface area (Å²) < 4.78 is 1.37. The van der Waals surface area contributed by atoms with Crippen LogP contribution in [0.25, 0.3) is 42.7 Å². The second-order valence-electron chi connectivity index (χ2n) is 13.3. The van der Waals surface area contributed by atoms with Gasteiger partial charge in [0, 0.05) is 27.2 Å². The first-order chi connectivity index (χ1) is 22.1. The molecule has 2 unspecified atom stereocenters. The highest BCUT2D eigenvalue weighted by atomic mass is 32.1. The van der Waals surface area contributed by atoms with E-state index in [1.807, 2.05) is 11.3 Å². The number of aryl methyl sites for hydroxylation is 1. The molecule has 3 aliphatic rings. The van der Waals surface area contributed by atoms with Crippen LogP contribution in [0.5, 0.6) is 0 Å². The van der Waals surface area contributed by atoms with Gasteiger partial charge in [0.25, 0.3) is 0 Å². The van der Waals surface area contributed by atoms with Crippen LogP contribution in [0.1, 0.15) is 60.0 Å². The SMILES string of the molecule is CC1(C)c2ccccc2-c2sc3c4c(ccc3c21)C1CCc2ccccc2C1N4c1nc(-c2ccccc2)c2ccccc2n1. The molecule has 0 radical (unpaired) electrons. The van der Waals surface area contributed by atoms with Gasteiger partial charge in [0.15, 0.2) is 0 Å². The summed E-state index contributed by atoms with van der Waals surface area (Å²) in [6, 6.07) is 42.1. The fourth-order valence-electron chi connectivity index (χ4n) is 8.61. The van der Waals surface area contributed by atoms with Crippen molar-refractivity contribution in [2.45, 2.75) is 44.1 Å². The Morgan fingerprint density at radius 2 is 1.51 bits per heavy atom. The Balaban J connectivity index is 1.29. The quantitative estimate of drug-likeness (QED) is 0.199. The monoisotopic (exact) mass is 597 g/mol. The third kappa shape index (κ3) is 3.41. The van der Waals surface area contributed by atoms with Crippen molar-refractivity contribution in [2.24, 2.45) is 0 Å². The highest BCUT2D eigenvalue weighted by Crippen LogP contribution is 2.63. The molecule has 45 heavy (non-hydrogen) atoms. The molecule has 2 aliphatic carbocycles. The van der Waals surface area contributed by atoms with Crippen molar-refractivity contribution in [3.05, 3.63) is 143 Å². The molecule has 10 rings (SSSR count). The van der Waals surface area contributed by atoms with E-state index in [9.17, 15) is 0 Å². The molecule has 0 saturated carbocycles. The van der Waals surface area contributed by atoms with Gasteiger partial charge >= 0.3 is 0 Å². The molecule has 0 fully saturated rings. The van der Waals surface area contributed by atoms with Crippen molar-refractivity contribution in [1.82, 2.24) is 9.97 Å². The summed E-state index contributed by atoms with van der Waals surface area (Å²) >= 11 is 1.97. The van der Waals surface area contributed by atoms with Crippen molar-refractivity contribution < 1.29 is 0 Å². The van der Waals surface area contributed by atoms with Gasteiger partial charge in [-0.25, -0.2) is 9.97 Å². The number of nitrogens with zero attached hydrogens (tertiary/aromatic N) is 3. The van der Waals surface area contributed by atoms with Crippen molar-refractivity contribution in [1.29, 1.82) is 0 Å². The number of hydrogen-bond acceptors (Lipinski definition) is 4. The molecule has 1 aliphatic heterocycles. The minimum atomic E-state index is -0.0544. The van der Waals surface area contributed by atoms with Gasteiger partial charge in [0.2, 0.25) is 5.95 Å². The standard InChI is InChI=1S/C41H31N3S/c1-41(2)32-18-10-8-16-29(32)38-34(41)31-23-22-28-27-21-20-24-12-6-7-15-26(24)36(27)44(37(28)39(31)45-38)40-42-33-19-11-9-17-30(33)35(43-40)25-13-4-3-5-14-25/h3-19,22-23,27,36H,20-21H2,1-2H3. The second kappa shape index (κ2) is 9.12. The summed E-state index contributed by atoms with van der Waals surface area (Å²) in [5, 5.41) is 2.45. The van der Waals surface area contributed by atoms with Crippen LogP contribution in [-0.4, -0.2) is 9.97 Å². The molecule has 0 amide bonds. The molecule has 2 atom stereocenters. The molecule has 0 bridgehead atoms. The van der Waals surface area contributed by atoms with Gasteiger partial charge in [-0.15, -0.1) is 11.3 Å². The minimum absolute atomic E-state index is 0.0544. The molecule has 216 valence electrons. The van der Waals surface area contributed by atoms with Crippen LogP contribution in [0.2, 0.25) is 0 Å². The third-order valence-corrected chi connectivity index (χ3v) is 11.8. The third-order valence-electron chi connectivity index (χ3n) is 10.6. The zero-order valence-corrected chi connectivity index (χ0v) is 26.1. The molecule has 0 spiro atoms. The maximum absolute atomic E-state index is 5.47. The van der Waals surface area contributed by atoms with E-state index < -0.39 is 0 Å². The number of aromatic nitrogens is 2. The van der Waals surface area contributed by atoms with E-state index in [0.717, 1.165) is 41.0 Å². The molecule has 3 heterocycles. The fraction of sp³-hybridized carbons (Fsp3) is 0.171. The summed E-state index contributed by atoms with van der Waals surface area (Å²) in [6.07, 6.45) is 2.22. The minimum Gasteiger partial charge on any atom is -0.301 e. The van der Waals surface area contributed by atoms with Crippen LogP contribution < -0.4 is 4.90 Å². The van der Waals surface area contributed by atoms with Gasteiger partial charge in [-0.2, -0.15) is 0 Å². The Kier molecular flexibility index (Phi) is 5.17. The van der Waals surface area contributed by atoms with Crippen LogP contribution >= 0.6 is 11.3 Å². The maximum atomic E-state index is 5.47. The topological polar surface area (TPSA) is 29.0 Å². The molecule has 2 aromatic heterocycles. The summed E-state index contributed by atoms with van der Waals surface area (Å²) in [5.74, 6) is 1.17. The van der Waals surface area contributed by atoms with E-state index in [1.165, 1.54) is 54.0 Å². The summed E-state index contributed by atoms with van der Waals surface area (Å²) in [4.78, 5) is 14.8. The molecule has 3 nitrogen and oxygen atoms in total. The Hall–Kier alpha value is -4.80. The van der Waals surface area contributed by atoms with Crippen LogP contribution in [0, 0.1) is 0 Å². The van der Waals surface area contributed by atoms with Crippen molar-refractivity contribution in [3.63, 3.8) is 0 Å². The Labute approximate surface area is 266 Å². The lowest BCUT2D eigenvalue weighted by atomic mass is 9.78. The number of rotatable bonds is 2. The van der Waals surface area contributed by atoms with Crippen LogP contribution in [0.3, 0.4) is 0 Å². The molecular formula is C41H31N3S. The van der Waals surface area contributed by atoms with Crippen molar-refractivity contribution in [3.8, 4) is 21.7 Å². The Morgan fingerprint density at radius 3 is 2.42 bits per heavy atom. The molecule has 5 aromatic carbocycles. The number of anilines is 2. The van der Waals surface area contributed by atoms with Gasteiger partial charge in [0.1, 0.15) is 0 Å². The summed E-state index contributed by atoms with van der Waals surface area (Å²) in [7, 11) is 0. The summed E-state index contributed by atoms with van der Waals surface area (Å²) in [5.41, 5.74) is 12.9. The first-order valence-corrected chi connectivity index (χ1v) is 16.8. The number of fused-ring (bicyclic) bond motifs is 12. The van der Waals surface area contributed by atoms with Gasteiger partial charge in [-0.3, -0.25) is 0 Å². The molecule has 0 N–H and O–H groups in total. The molecule has 0 saturated heterocycles. The van der Waals surface area contributed by atoms with E-state index in [4.69, 9.17) is 9.97 Å². The smallest absolute Gasteiger partial charge is 0.231 e. The average molecular weight is 598 g/mol. The van der Waals surface area contributed by atoms with Crippen LogP contribution in [-0.2, 0) is 11.8 Å². The van der Waals surface area contributed by atoms with Gasteiger partial charge in [-0.1, -0.05) is 123 Å². The maximum Gasteiger partial charge on any atom is 0.231 e. The van der Waals surface area contributed by atoms with E-state index in [0.29, 0.717) is 5.92 Å². The largest absolute Gasteiger partial charge is 0.301 e. The van der Waals surface area contributed by atoms with Crippen LogP contribution in [0.4, 0.5) is 11.6 Å². The highest BCUT2D eigenvalue weighted by molar-refractivity contribution is 7.23. The van der Waals surface area contributed by atoms with Gasteiger partial charge < -0.3 is 4.90 Å². The number of hydrogen-bond donors (Lipinski definition) is 0. The first kappa shape index (κ1) is 25.5. The lowest BCUT2D eigenvalue weighted by Gasteiger charge is -2.34. The number of benzene rings is 5. The highest BCUT2D eigenvalue weighted by Gasteiger charge is 2.47. The lowest BCUT2D eigenvalue weighted by molar-refractivity contribution is 0.505.